The lowest BCUT2D eigenvalue weighted by atomic mass is 10.1. The maximum atomic E-state index is 11.9. The molecule has 0 bridgehead atoms. The van der Waals surface area contributed by atoms with Gasteiger partial charge >= 0.3 is 0 Å². The molecule has 0 spiro atoms. The summed E-state index contributed by atoms with van der Waals surface area (Å²) in [7, 11) is 4.07. The average molecular weight is 247 g/mol. The predicted molar refractivity (Wildman–Crippen MR) is 74.1 cm³/mol. The number of benzene rings is 1. The third kappa shape index (κ3) is 3.23. The van der Waals surface area contributed by atoms with Gasteiger partial charge in [-0.25, -0.2) is 0 Å². The summed E-state index contributed by atoms with van der Waals surface area (Å²) in [6.07, 6.45) is 1.99. The van der Waals surface area contributed by atoms with E-state index in [0.717, 1.165) is 38.0 Å². The van der Waals surface area contributed by atoms with Crippen molar-refractivity contribution in [3.63, 3.8) is 0 Å². The molecule has 1 heterocycles. The monoisotopic (exact) mass is 247 g/mol. The van der Waals surface area contributed by atoms with E-state index in [1.54, 1.807) is 0 Å². The lowest BCUT2D eigenvalue weighted by molar-refractivity contribution is 0.0952. The molecule has 1 aliphatic rings. The van der Waals surface area contributed by atoms with E-state index in [2.05, 4.69) is 15.5 Å². The molecule has 18 heavy (non-hydrogen) atoms. The molecule has 1 aromatic carbocycles. The highest BCUT2D eigenvalue weighted by molar-refractivity contribution is 5.95. The number of fused-ring (bicyclic) bond motifs is 1. The molecule has 1 aliphatic heterocycles. The van der Waals surface area contributed by atoms with Crippen LogP contribution in [-0.2, 0) is 6.42 Å². The third-order valence-corrected chi connectivity index (χ3v) is 3.14. The van der Waals surface area contributed by atoms with Gasteiger partial charge < -0.3 is 15.5 Å². The third-order valence-electron chi connectivity index (χ3n) is 3.14. The largest absolute Gasteiger partial charge is 0.384 e. The Morgan fingerprint density at radius 2 is 2.28 bits per heavy atom. The van der Waals surface area contributed by atoms with Crippen LogP contribution in [0, 0.1) is 0 Å². The van der Waals surface area contributed by atoms with E-state index in [4.69, 9.17) is 0 Å². The van der Waals surface area contributed by atoms with Gasteiger partial charge in [-0.15, -0.1) is 0 Å². The van der Waals surface area contributed by atoms with Crippen LogP contribution in [0.5, 0.6) is 0 Å². The topological polar surface area (TPSA) is 44.4 Å². The van der Waals surface area contributed by atoms with Crippen LogP contribution in [0.2, 0.25) is 0 Å². The maximum absolute atomic E-state index is 11.9. The van der Waals surface area contributed by atoms with Crippen molar-refractivity contribution >= 4 is 11.6 Å². The summed E-state index contributed by atoms with van der Waals surface area (Å²) in [4.78, 5) is 14.1. The van der Waals surface area contributed by atoms with Gasteiger partial charge in [0.1, 0.15) is 0 Å². The Bertz CT molecular complexity index is 429. The Kier molecular flexibility index (Phi) is 4.20. The van der Waals surface area contributed by atoms with Crippen LogP contribution in [0.1, 0.15) is 22.3 Å². The van der Waals surface area contributed by atoms with E-state index in [1.165, 1.54) is 11.3 Å². The van der Waals surface area contributed by atoms with Crippen LogP contribution in [-0.4, -0.2) is 44.5 Å². The molecule has 0 saturated carbocycles. The molecule has 0 aromatic heterocycles. The molecule has 1 amide bonds. The molecule has 2 rings (SSSR count). The minimum atomic E-state index is 0.0310. The smallest absolute Gasteiger partial charge is 0.251 e. The van der Waals surface area contributed by atoms with Crippen LogP contribution >= 0.6 is 0 Å². The fourth-order valence-electron chi connectivity index (χ4n) is 2.15. The molecule has 4 heteroatoms. The fourth-order valence-corrected chi connectivity index (χ4v) is 2.15. The summed E-state index contributed by atoms with van der Waals surface area (Å²) in [6, 6.07) is 5.88. The summed E-state index contributed by atoms with van der Waals surface area (Å²) >= 11 is 0. The second-order valence-corrected chi connectivity index (χ2v) is 4.96. The number of hydrogen-bond acceptors (Lipinski definition) is 3. The Labute approximate surface area is 108 Å². The van der Waals surface area contributed by atoms with Crippen LogP contribution in [0.3, 0.4) is 0 Å². The molecular weight excluding hydrogens is 226 g/mol. The normalized spacial score (nSPS) is 13.3. The van der Waals surface area contributed by atoms with Crippen molar-refractivity contribution in [3.05, 3.63) is 29.3 Å². The van der Waals surface area contributed by atoms with E-state index in [1.807, 2.05) is 32.3 Å². The summed E-state index contributed by atoms with van der Waals surface area (Å²) < 4.78 is 0. The zero-order chi connectivity index (χ0) is 13.0. The number of amides is 1. The quantitative estimate of drug-likeness (QED) is 0.772. The molecule has 0 fully saturated rings. The molecule has 1 aromatic rings. The van der Waals surface area contributed by atoms with E-state index in [-0.39, 0.29) is 5.91 Å². The van der Waals surface area contributed by atoms with Crippen LogP contribution in [0.4, 0.5) is 5.69 Å². The number of carbonyl (C=O) groups is 1. The van der Waals surface area contributed by atoms with Crippen LogP contribution < -0.4 is 10.6 Å². The molecule has 0 atom stereocenters. The van der Waals surface area contributed by atoms with Crippen molar-refractivity contribution in [3.8, 4) is 0 Å². The first-order chi connectivity index (χ1) is 8.66. The highest BCUT2D eigenvalue weighted by Gasteiger charge is 2.12. The summed E-state index contributed by atoms with van der Waals surface area (Å²) in [5, 5.41) is 6.25. The predicted octanol–water partition coefficient (Wildman–Crippen LogP) is 1.34. The lowest BCUT2D eigenvalue weighted by Gasteiger charge is -2.10. The van der Waals surface area contributed by atoms with Gasteiger partial charge in [0.05, 0.1) is 0 Å². The highest BCUT2D eigenvalue weighted by Crippen LogP contribution is 2.22. The van der Waals surface area contributed by atoms with Gasteiger partial charge in [0.25, 0.3) is 5.91 Å². The summed E-state index contributed by atoms with van der Waals surface area (Å²) in [5.74, 6) is 0.0310. The Morgan fingerprint density at radius 1 is 1.44 bits per heavy atom. The molecule has 0 unspecified atom stereocenters. The fraction of sp³-hybridized carbons (Fsp3) is 0.500. The molecular formula is C14H21N3O. The van der Waals surface area contributed by atoms with E-state index in [9.17, 15) is 4.79 Å². The Morgan fingerprint density at radius 3 is 3.06 bits per heavy atom. The Balaban J connectivity index is 1.85. The van der Waals surface area contributed by atoms with Crippen LogP contribution in [0.25, 0.3) is 0 Å². The van der Waals surface area contributed by atoms with Gasteiger partial charge in [-0.05, 0) is 57.2 Å². The summed E-state index contributed by atoms with van der Waals surface area (Å²) in [6.45, 7) is 2.70. The minimum Gasteiger partial charge on any atom is -0.384 e. The van der Waals surface area contributed by atoms with E-state index in [0.29, 0.717) is 0 Å². The van der Waals surface area contributed by atoms with Crippen molar-refractivity contribution in [2.45, 2.75) is 12.8 Å². The van der Waals surface area contributed by atoms with Crippen molar-refractivity contribution in [1.82, 2.24) is 10.2 Å². The van der Waals surface area contributed by atoms with Crippen molar-refractivity contribution in [2.75, 3.05) is 39.0 Å². The highest BCUT2D eigenvalue weighted by atomic mass is 16.1. The number of carbonyl (C=O) groups excluding carboxylic acids is 1. The van der Waals surface area contributed by atoms with Gasteiger partial charge in [0.2, 0.25) is 0 Å². The maximum Gasteiger partial charge on any atom is 0.251 e. The number of hydrogen-bond donors (Lipinski definition) is 2. The van der Waals surface area contributed by atoms with Gasteiger partial charge in [0, 0.05) is 24.3 Å². The van der Waals surface area contributed by atoms with Crippen molar-refractivity contribution < 1.29 is 4.79 Å². The Hall–Kier alpha value is -1.55. The standard InChI is InChI=1S/C14H21N3O/c1-17(2)9-3-7-16-14(18)12-4-5-13-11(10-12)6-8-15-13/h4-5,10,15H,3,6-9H2,1-2H3,(H,16,18). The van der Waals surface area contributed by atoms with Crippen molar-refractivity contribution in [1.29, 1.82) is 0 Å². The van der Waals surface area contributed by atoms with Gasteiger partial charge in [-0.1, -0.05) is 0 Å². The molecule has 0 saturated heterocycles. The first kappa shape index (κ1) is 12.9. The zero-order valence-electron chi connectivity index (χ0n) is 11.1. The van der Waals surface area contributed by atoms with Crippen LogP contribution in [0.15, 0.2) is 18.2 Å². The average Bonchev–Trinajstić information content (AvgIpc) is 2.81. The van der Waals surface area contributed by atoms with Gasteiger partial charge in [-0.2, -0.15) is 0 Å². The summed E-state index contributed by atoms with van der Waals surface area (Å²) in [5.41, 5.74) is 3.18. The first-order valence-corrected chi connectivity index (χ1v) is 6.46. The van der Waals surface area contributed by atoms with Gasteiger partial charge in [-0.3, -0.25) is 4.79 Å². The number of nitrogens with one attached hydrogen (secondary N) is 2. The zero-order valence-corrected chi connectivity index (χ0v) is 11.1. The molecule has 0 aliphatic carbocycles. The SMILES string of the molecule is CN(C)CCCNC(=O)c1ccc2c(c1)CCN2. The second-order valence-electron chi connectivity index (χ2n) is 4.96. The van der Waals surface area contributed by atoms with Gasteiger partial charge in [0.15, 0.2) is 0 Å². The molecule has 2 N–H and O–H groups in total. The minimum absolute atomic E-state index is 0.0310. The molecule has 98 valence electrons. The van der Waals surface area contributed by atoms with Crippen molar-refractivity contribution in [2.24, 2.45) is 0 Å². The lowest BCUT2D eigenvalue weighted by Crippen LogP contribution is -2.27. The van der Waals surface area contributed by atoms with E-state index >= 15 is 0 Å². The molecule has 4 nitrogen and oxygen atoms in total. The number of nitrogens with zero attached hydrogens (tertiary/aromatic N) is 1. The molecule has 0 radical (unpaired) electrons. The number of rotatable bonds is 5. The van der Waals surface area contributed by atoms with E-state index < -0.39 is 0 Å². The first-order valence-electron chi connectivity index (χ1n) is 6.46. The second kappa shape index (κ2) is 5.87. The number of anilines is 1.